The number of hydrogen-bond acceptors (Lipinski definition) is 1. The molecular weight excluding hydrogens is 261 g/mol. The van der Waals surface area contributed by atoms with Crippen molar-refractivity contribution >= 4 is 17.3 Å². The number of hydrogen-bond donors (Lipinski definition) is 1. The lowest BCUT2D eigenvalue weighted by Crippen LogP contribution is -2.45. The molecule has 2 aliphatic carbocycles. The SMILES string of the molecule is CC12CCC(C1)C(C)(C)C2Nc1ccc(F)cc1Cl. The first kappa shape index (κ1) is 13.2. The van der Waals surface area contributed by atoms with Crippen molar-refractivity contribution < 1.29 is 4.39 Å². The van der Waals surface area contributed by atoms with Crippen molar-refractivity contribution in [2.75, 3.05) is 5.32 Å². The Balaban J connectivity index is 1.90. The largest absolute Gasteiger partial charge is 0.380 e. The van der Waals surface area contributed by atoms with Crippen LogP contribution in [-0.4, -0.2) is 6.04 Å². The molecule has 1 nitrogen and oxygen atoms in total. The molecule has 2 aliphatic rings. The van der Waals surface area contributed by atoms with E-state index in [1.807, 2.05) is 0 Å². The predicted molar refractivity (Wildman–Crippen MR) is 78.0 cm³/mol. The normalized spacial score (nSPS) is 35.6. The van der Waals surface area contributed by atoms with Gasteiger partial charge in [0.15, 0.2) is 0 Å². The van der Waals surface area contributed by atoms with Gasteiger partial charge in [0.05, 0.1) is 10.7 Å². The molecule has 0 spiro atoms. The van der Waals surface area contributed by atoms with Crippen LogP contribution in [0.15, 0.2) is 18.2 Å². The van der Waals surface area contributed by atoms with E-state index in [2.05, 4.69) is 26.1 Å². The van der Waals surface area contributed by atoms with Crippen LogP contribution < -0.4 is 5.32 Å². The maximum Gasteiger partial charge on any atom is 0.124 e. The molecular formula is C16H21ClFN. The highest BCUT2D eigenvalue weighted by Crippen LogP contribution is 2.63. The Morgan fingerprint density at radius 2 is 2.05 bits per heavy atom. The highest BCUT2D eigenvalue weighted by molar-refractivity contribution is 6.33. The Bertz CT molecular complexity index is 509. The summed E-state index contributed by atoms with van der Waals surface area (Å²) in [5.74, 6) is 0.503. The van der Waals surface area contributed by atoms with E-state index in [1.165, 1.54) is 31.4 Å². The maximum atomic E-state index is 13.1. The minimum atomic E-state index is -0.283. The molecule has 2 saturated carbocycles. The summed E-state index contributed by atoms with van der Waals surface area (Å²) in [5.41, 5.74) is 1.46. The van der Waals surface area contributed by atoms with Crippen LogP contribution in [0.5, 0.6) is 0 Å². The molecule has 2 fully saturated rings. The Morgan fingerprint density at radius 1 is 1.32 bits per heavy atom. The van der Waals surface area contributed by atoms with E-state index in [1.54, 1.807) is 6.07 Å². The molecule has 3 rings (SSSR count). The third kappa shape index (κ3) is 1.96. The van der Waals surface area contributed by atoms with Crippen molar-refractivity contribution in [2.24, 2.45) is 16.7 Å². The highest BCUT2D eigenvalue weighted by Gasteiger charge is 2.59. The van der Waals surface area contributed by atoms with Crippen LogP contribution in [-0.2, 0) is 0 Å². The molecule has 0 radical (unpaired) electrons. The van der Waals surface area contributed by atoms with Gasteiger partial charge in [0.1, 0.15) is 5.82 Å². The van der Waals surface area contributed by atoms with Gasteiger partial charge >= 0.3 is 0 Å². The number of fused-ring (bicyclic) bond motifs is 2. The molecule has 0 amide bonds. The second-order valence-corrected chi connectivity index (χ2v) is 7.52. The van der Waals surface area contributed by atoms with Gasteiger partial charge in [-0.05, 0) is 54.2 Å². The maximum absolute atomic E-state index is 13.1. The molecule has 3 unspecified atom stereocenters. The zero-order chi connectivity index (χ0) is 13.8. The molecule has 1 aromatic carbocycles. The average molecular weight is 282 g/mol. The number of rotatable bonds is 2. The smallest absolute Gasteiger partial charge is 0.124 e. The van der Waals surface area contributed by atoms with E-state index in [-0.39, 0.29) is 11.2 Å². The van der Waals surface area contributed by atoms with Gasteiger partial charge < -0.3 is 5.32 Å². The molecule has 0 aliphatic heterocycles. The zero-order valence-corrected chi connectivity index (χ0v) is 12.5. The molecule has 2 bridgehead atoms. The van der Waals surface area contributed by atoms with Crippen LogP contribution in [0.1, 0.15) is 40.0 Å². The minimum Gasteiger partial charge on any atom is -0.380 e. The number of halogens is 2. The Morgan fingerprint density at radius 3 is 2.63 bits per heavy atom. The van der Waals surface area contributed by atoms with E-state index in [4.69, 9.17) is 11.6 Å². The summed E-state index contributed by atoms with van der Waals surface area (Å²) in [7, 11) is 0. The van der Waals surface area contributed by atoms with Crippen LogP contribution in [0.25, 0.3) is 0 Å². The average Bonchev–Trinajstić information content (AvgIpc) is 2.78. The summed E-state index contributed by atoms with van der Waals surface area (Å²) in [4.78, 5) is 0. The van der Waals surface area contributed by atoms with Gasteiger partial charge in [-0.1, -0.05) is 32.4 Å². The fourth-order valence-electron chi connectivity index (χ4n) is 4.42. The van der Waals surface area contributed by atoms with Crippen molar-refractivity contribution in [1.29, 1.82) is 0 Å². The molecule has 0 aromatic heterocycles. The molecule has 3 atom stereocenters. The van der Waals surface area contributed by atoms with Gasteiger partial charge in [0.2, 0.25) is 0 Å². The van der Waals surface area contributed by atoms with E-state index >= 15 is 0 Å². The fraction of sp³-hybridized carbons (Fsp3) is 0.625. The summed E-state index contributed by atoms with van der Waals surface area (Å²) in [6, 6.07) is 5.01. The lowest BCUT2D eigenvalue weighted by Gasteiger charge is -2.43. The van der Waals surface area contributed by atoms with Crippen LogP contribution in [0, 0.1) is 22.6 Å². The molecule has 0 saturated heterocycles. The molecule has 19 heavy (non-hydrogen) atoms. The van der Waals surface area contributed by atoms with Gasteiger partial charge in [-0.2, -0.15) is 0 Å². The highest BCUT2D eigenvalue weighted by atomic mass is 35.5. The van der Waals surface area contributed by atoms with Gasteiger partial charge in [-0.15, -0.1) is 0 Å². The minimum absolute atomic E-state index is 0.269. The van der Waals surface area contributed by atoms with Crippen molar-refractivity contribution in [3.8, 4) is 0 Å². The van der Waals surface area contributed by atoms with E-state index in [0.29, 0.717) is 16.5 Å². The van der Waals surface area contributed by atoms with Crippen LogP contribution >= 0.6 is 11.6 Å². The Kier molecular flexibility index (Phi) is 2.87. The van der Waals surface area contributed by atoms with Crippen molar-refractivity contribution in [3.05, 3.63) is 29.0 Å². The van der Waals surface area contributed by atoms with Crippen LogP contribution in [0.3, 0.4) is 0 Å². The molecule has 1 aromatic rings. The monoisotopic (exact) mass is 281 g/mol. The second kappa shape index (κ2) is 4.12. The topological polar surface area (TPSA) is 12.0 Å². The molecule has 1 N–H and O–H groups in total. The van der Waals surface area contributed by atoms with Gasteiger partial charge in [-0.25, -0.2) is 4.39 Å². The first-order valence-electron chi connectivity index (χ1n) is 7.04. The number of anilines is 1. The van der Waals surface area contributed by atoms with E-state index in [9.17, 15) is 4.39 Å². The van der Waals surface area contributed by atoms with Crippen molar-refractivity contribution in [3.63, 3.8) is 0 Å². The standard InChI is InChI=1S/C16H21ClFN/c1-15(2)10-6-7-16(3,9-10)14(15)19-13-5-4-11(18)8-12(13)17/h4-5,8,10,14,19H,6-7,9H2,1-3H3. The predicted octanol–water partition coefficient (Wildman–Crippen LogP) is 5.11. The lowest BCUT2D eigenvalue weighted by molar-refractivity contribution is 0.155. The van der Waals surface area contributed by atoms with E-state index < -0.39 is 0 Å². The lowest BCUT2D eigenvalue weighted by atomic mass is 9.68. The quantitative estimate of drug-likeness (QED) is 0.795. The second-order valence-electron chi connectivity index (χ2n) is 7.12. The van der Waals surface area contributed by atoms with Gasteiger partial charge in [0, 0.05) is 6.04 Å². The Labute approximate surface area is 119 Å². The summed E-state index contributed by atoms with van der Waals surface area (Å²) in [6.45, 7) is 7.06. The molecule has 104 valence electrons. The third-order valence-corrected chi connectivity index (χ3v) is 5.81. The van der Waals surface area contributed by atoms with Gasteiger partial charge in [0.25, 0.3) is 0 Å². The van der Waals surface area contributed by atoms with Crippen molar-refractivity contribution in [2.45, 2.75) is 46.1 Å². The fourth-order valence-corrected chi connectivity index (χ4v) is 4.65. The van der Waals surface area contributed by atoms with Crippen LogP contribution in [0.4, 0.5) is 10.1 Å². The summed E-state index contributed by atoms with van der Waals surface area (Å²) < 4.78 is 13.1. The molecule has 0 heterocycles. The number of nitrogens with one attached hydrogen (secondary N) is 1. The summed E-state index contributed by atoms with van der Waals surface area (Å²) >= 11 is 6.15. The van der Waals surface area contributed by atoms with Gasteiger partial charge in [-0.3, -0.25) is 0 Å². The zero-order valence-electron chi connectivity index (χ0n) is 11.8. The van der Waals surface area contributed by atoms with Crippen LogP contribution in [0.2, 0.25) is 5.02 Å². The third-order valence-electron chi connectivity index (χ3n) is 5.50. The summed E-state index contributed by atoms with van der Waals surface area (Å²) in [6.07, 6.45) is 3.90. The first-order valence-corrected chi connectivity index (χ1v) is 7.42. The Hall–Kier alpha value is -0.760. The molecule has 3 heteroatoms. The van der Waals surface area contributed by atoms with E-state index in [0.717, 1.165) is 11.6 Å². The summed E-state index contributed by atoms with van der Waals surface area (Å²) in [5, 5.41) is 4.07. The first-order chi connectivity index (χ1) is 8.83. The van der Waals surface area contributed by atoms with Crippen molar-refractivity contribution in [1.82, 2.24) is 0 Å². The number of benzene rings is 1.